The fraction of sp³-hybridized carbons (Fsp3) is 0.643. The lowest BCUT2D eigenvalue weighted by atomic mass is 9.76. The van der Waals surface area contributed by atoms with E-state index in [1.54, 1.807) is 0 Å². The van der Waals surface area contributed by atoms with Crippen LogP contribution in [0.2, 0.25) is 0 Å². The average Bonchev–Trinajstić information content (AvgIpc) is 2.76. The van der Waals surface area contributed by atoms with E-state index in [0.717, 1.165) is 37.0 Å². The Morgan fingerprint density at radius 3 is 2.55 bits per heavy atom. The van der Waals surface area contributed by atoms with Gasteiger partial charge in [-0.1, -0.05) is 25.2 Å². The van der Waals surface area contributed by atoms with Crippen molar-refractivity contribution in [2.45, 2.75) is 52.6 Å². The molecule has 1 aliphatic rings. The number of ether oxygens (including phenoxy) is 1. The van der Waals surface area contributed by atoms with E-state index in [-0.39, 0.29) is 22.6 Å². The summed E-state index contributed by atoms with van der Waals surface area (Å²) in [6.45, 7) is 5.86. The highest BCUT2D eigenvalue weighted by Gasteiger charge is 2.30. The molecule has 0 atom stereocenters. The van der Waals surface area contributed by atoms with Gasteiger partial charge in [-0.15, -0.1) is 0 Å². The number of hydrogen-bond acceptors (Lipinski definition) is 5. The molecule has 2 rings (SSSR count). The molecule has 1 aromatic rings. The lowest BCUT2D eigenvalue weighted by molar-refractivity contribution is -0.385. The highest BCUT2D eigenvalue weighted by Crippen LogP contribution is 2.41. The van der Waals surface area contributed by atoms with Gasteiger partial charge in [0.1, 0.15) is 6.10 Å². The lowest BCUT2D eigenvalue weighted by Gasteiger charge is -2.33. The Hall–Kier alpha value is -1.43. The topological polar surface area (TPSA) is 69.4 Å². The van der Waals surface area contributed by atoms with Gasteiger partial charge >= 0.3 is 5.69 Å². The van der Waals surface area contributed by atoms with Crippen molar-refractivity contribution in [3.63, 3.8) is 0 Å². The number of hydrogen-bond donors (Lipinski definition) is 0. The number of thiophene rings is 1. The number of carbonyl (C=O) groups is 1. The predicted octanol–water partition coefficient (Wildman–Crippen LogP) is 4.21. The first-order chi connectivity index (χ1) is 9.28. The van der Waals surface area contributed by atoms with Crippen molar-refractivity contribution >= 4 is 22.8 Å². The van der Waals surface area contributed by atoms with Gasteiger partial charge in [-0.05, 0) is 38.0 Å². The second-order valence-corrected chi connectivity index (χ2v) is 7.09. The van der Waals surface area contributed by atoms with Crippen LogP contribution in [-0.2, 0) is 0 Å². The van der Waals surface area contributed by atoms with Crippen LogP contribution < -0.4 is 4.74 Å². The molecule has 0 aliphatic heterocycles. The van der Waals surface area contributed by atoms with E-state index in [2.05, 4.69) is 13.8 Å². The van der Waals surface area contributed by atoms with Crippen LogP contribution in [0.15, 0.2) is 6.07 Å². The van der Waals surface area contributed by atoms with Crippen LogP contribution in [0.3, 0.4) is 0 Å². The summed E-state index contributed by atoms with van der Waals surface area (Å²) in [7, 11) is 0. The summed E-state index contributed by atoms with van der Waals surface area (Å²) in [6, 6.07) is 1.31. The molecule has 1 aliphatic carbocycles. The number of ketones is 1. The molecule has 1 heterocycles. The van der Waals surface area contributed by atoms with Crippen molar-refractivity contribution in [2.24, 2.45) is 5.41 Å². The van der Waals surface area contributed by atoms with Crippen molar-refractivity contribution in [2.75, 3.05) is 0 Å². The normalized spacial score (nSPS) is 18.8. The number of Topliss-reactive ketones (excluding diaryl/α,β-unsaturated/α-hetero) is 1. The molecule has 0 bridgehead atoms. The first kappa shape index (κ1) is 15.0. The summed E-state index contributed by atoms with van der Waals surface area (Å²) in [6.07, 6.45) is 3.92. The summed E-state index contributed by atoms with van der Waals surface area (Å²) in [4.78, 5) is 22.3. The fourth-order valence-electron chi connectivity index (χ4n) is 2.39. The van der Waals surface area contributed by atoms with Crippen LogP contribution in [0.4, 0.5) is 5.69 Å². The van der Waals surface area contributed by atoms with E-state index in [9.17, 15) is 14.9 Å². The lowest BCUT2D eigenvalue weighted by Crippen LogP contribution is -2.28. The van der Waals surface area contributed by atoms with Crippen molar-refractivity contribution in [3.05, 3.63) is 21.1 Å². The number of rotatable bonds is 4. The van der Waals surface area contributed by atoms with Crippen LogP contribution >= 0.6 is 11.3 Å². The third kappa shape index (κ3) is 3.36. The predicted molar refractivity (Wildman–Crippen MR) is 77.6 cm³/mol. The van der Waals surface area contributed by atoms with Crippen LogP contribution in [0, 0.1) is 15.5 Å². The highest BCUT2D eigenvalue weighted by atomic mass is 32.1. The third-order valence-electron chi connectivity index (χ3n) is 3.78. The van der Waals surface area contributed by atoms with Crippen LogP contribution in [0.1, 0.15) is 56.1 Å². The Balaban J connectivity index is 2.13. The first-order valence-corrected chi connectivity index (χ1v) is 7.56. The van der Waals surface area contributed by atoms with Crippen molar-refractivity contribution in [1.82, 2.24) is 0 Å². The molecule has 0 unspecified atom stereocenters. The summed E-state index contributed by atoms with van der Waals surface area (Å²) in [5, 5.41) is 11.3. The fourth-order valence-corrected chi connectivity index (χ4v) is 3.33. The van der Waals surface area contributed by atoms with Crippen molar-refractivity contribution in [3.8, 4) is 5.06 Å². The minimum atomic E-state index is -0.481. The minimum Gasteiger partial charge on any atom is -0.476 e. The molecule has 20 heavy (non-hydrogen) atoms. The van der Waals surface area contributed by atoms with Gasteiger partial charge in [-0.25, -0.2) is 0 Å². The van der Waals surface area contributed by atoms with Crippen molar-refractivity contribution < 1.29 is 14.5 Å². The average molecular weight is 297 g/mol. The zero-order valence-electron chi connectivity index (χ0n) is 12.0. The van der Waals surface area contributed by atoms with Crippen LogP contribution in [-0.4, -0.2) is 16.8 Å². The standard InChI is InChI=1S/C14H19NO4S/c1-9(16)12-8-11(15(17)18)13(20-12)19-10-4-6-14(2,3)7-5-10/h8,10H,4-7H2,1-3H3. The van der Waals surface area contributed by atoms with Gasteiger partial charge in [0.2, 0.25) is 0 Å². The molecule has 0 N–H and O–H groups in total. The van der Waals surface area contributed by atoms with Gasteiger partial charge in [0.15, 0.2) is 5.78 Å². The molecule has 0 spiro atoms. The van der Waals surface area contributed by atoms with Crippen molar-refractivity contribution in [1.29, 1.82) is 0 Å². The first-order valence-electron chi connectivity index (χ1n) is 6.74. The van der Waals surface area contributed by atoms with Crippen LogP contribution in [0.5, 0.6) is 5.06 Å². The number of nitro groups is 1. The molecular weight excluding hydrogens is 278 g/mol. The Morgan fingerprint density at radius 2 is 2.05 bits per heavy atom. The molecule has 110 valence electrons. The van der Waals surface area contributed by atoms with Gasteiger partial charge in [-0.2, -0.15) is 0 Å². The maximum Gasteiger partial charge on any atom is 0.323 e. The quantitative estimate of drug-likeness (QED) is 0.474. The molecule has 0 saturated heterocycles. The Morgan fingerprint density at radius 1 is 1.45 bits per heavy atom. The van der Waals surface area contributed by atoms with E-state index < -0.39 is 4.92 Å². The largest absolute Gasteiger partial charge is 0.476 e. The Kier molecular flexibility index (Phi) is 4.13. The molecule has 0 amide bonds. The summed E-state index contributed by atoms with van der Waals surface area (Å²) < 4.78 is 5.80. The van der Waals surface area contributed by atoms with E-state index in [0.29, 0.717) is 10.3 Å². The van der Waals surface area contributed by atoms with Gasteiger partial charge in [0, 0.05) is 6.07 Å². The van der Waals surface area contributed by atoms with E-state index in [1.807, 2.05) is 0 Å². The van der Waals surface area contributed by atoms with Gasteiger partial charge in [-0.3, -0.25) is 14.9 Å². The van der Waals surface area contributed by atoms with Gasteiger partial charge < -0.3 is 4.74 Å². The Bertz CT molecular complexity index is 525. The molecule has 6 heteroatoms. The smallest absolute Gasteiger partial charge is 0.323 e. The second-order valence-electron chi connectivity index (χ2n) is 6.08. The van der Waals surface area contributed by atoms with Crippen LogP contribution in [0.25, 0.3) is 0 Å². The van der Waals surface area contributed by atoms with E-state index in [1.165, 1.54) is 13.0 Å². The highest BCUT2D eigenvalue weighted by molar-refractivity contribution is 7.16. The molecule has 0 aromatic carbocycles. The zero-order valence-corrected chi connectivity index (χ0v) is 12.8. The van der Waals surface area contributed by atoms with Gasteiger partial charge in [0.25, 0.3) is 5.06 Å². The Labute approximate surface area is 122 Å². The molecule has 0 radical (unpaired) electrons. The molecular formula is C14H19NO4S. The summed E-state index contributed by atoms with van der Waals surface area (Å²) in [5.74, 6) is -0.169. The maximum atomic E-state index is 11.3. The van der Waals surface area contributed by atoms with E-state index in [4.69, 9.17) is 4.74 Å². The molecule has 5 nitrogen and oxygen atoms in total. The summed E-state index contributed by atoms with van der Waals surface area (Å²) in [5.41, 5.74) is 0.233. The third-order valence-corrected chi connectivity index (χ3v) is 4.90. The zero-order chi connectivity index (χ0) is 14.9. The minimum absolute atomic E-state index is 0.0141. The maximum absolute atomic E-state index is 11.3. The number of carbonyl (C=O) groups excluding carboxylic acids is 1. The molecule has 1 saturated carbocycles. The molecule has 1 fully saturated rings. The molecule has 1 aromatic heterocycles. The second kappa shape index (κ2) is 5.52. The monoisotopic (exact) mass is 297 g/mol. The van der Waals surface area contributed by atoms with E-state index >= 15 is 0 Å². The number of nitrogens with zero attached hydrogens (tertiary/aromatic N) is 1. The summed E-state index contributed by atoms with van der Waals surface area (Å²) >= 11 is 1.08. The van der Waals surface area contributed by atoms with Gasteiger partial charge in [0.05, 0.1) is 9.80 Å². The SMILES string of the molecule is CC(=O)c1cc([N+](=O)[O-])c(OC2CCC(C)(C)CC2)s1.